The zero-order valence-electron chi connectivity index (χ0n) is 15.6. The number of H-pyrrole nitrogens is 1. The summed E-state index contributed by atoms with van der Waals surface area (Å²) in [7, 11) is 0. The summed E-state index contributed by atoms with van der Waals surface area (Å²) in [6.45, 7) is 1.10. The monoisotopic (exact) mass is 420 g/mol. The molecule has 0 radical (unpaired) electrons. The second-order valence-electron chi connectivity index (χ2n) is 6.04. The Kier molecular flexibility index (Phi) is 6.84. The second kappa shape index (κ2) is 8.94. The van der Waals surface area contributed by atoms with Crippen molar-refractivity contribution in [1.29, 1.82) is 0 Å². The van der Waals surface area contributed by atoms with Gasteiger partial charge in [-0.25, -0.2) is 9.18 Å². The van der Waals surface area contributed by atoms with Gasteiger partial charge in [-0.05, 0) is 0 Å². The van der Waals surface area contributed by atoms with E-state index >= 15 is 0 Å². The molecule has 0 amide bonds. The van der Waals surface area contributed by atoms with Gasteiger partial charge >= 0.3 is 23.6 Å². The number of esters is 3. The van der Waals surface area contributed by atoms with E-state index in [9.17, 15) is 32.8 Å². The smallest absolute Gasteiger partial charge is 0.331 e. The first kappa shape index (κ1) is 22.2. The minimum atomic E-state index is -1.69. The summed E-state index contributed by atoms with van der Waals surface area (Å²) >= 11 is 0. The van der Waals surface area contributed by atoms with Gasteiger partial charge < -0.3 is 18.9 Å². The quantitative estimate of drug-likeness (QED) is 0.474. The molecule has 11 nitrogen and oxygen atoms in total. The van der Waals surface area contributed by atoms with E-state index in [-0.39, 0.29) is 0 Å². The van der Waals surface area contributed by atoms with Gasteiger partial charge in [0.2, 0.25) is 5.82 Å². The van der Waals surface area contributed by atoms with Gasteiger partial charge in [0.15, 0.2) is 18.4 Å². The molecule has 1 saturated heterocycles. The van der Waals surface area contributed by atoms with E-state index in [1.807, 2.05) is 0 Å². The Morgan fingerprint density at radius 2 is 1.66 bits per heavy atom. The van der Waals surface area contributed by atoms with Crippen molar-refractivity contribution in [2.24, 2.45) is 0 Å². The minimum absolute atomic E-state index is 0.411. The lowest BCUT2D eigenvalue weighted by molar-refractivity contribution is -0.166. The van der Waals surface area contributed by atoms with E-state index < -0.39 is 78.5 Å². The van der Waals surface area contributed by atoms with Crippen molar-refractivity contribution in [2.45, 2.75) is 52.0 Å². The normalized spacial score (nSPS) is 23.5. The number of ether oxygens (including phenoxy) is 4. The van der Waals surface area contributed by atoms with Crippen LogP contribution in [0, 0.1) is 5.82 Å². The molecule has 1 aliphatic heterocycles. The van der Waals surface area contributed by atoms with Gasteiger partial charge in [-0.15, -0.1) is 0 Å². The molecule has 0 spiro atoms. The first-order valence-corrected chi connectivity index (χ1v) is 8.29. The Morgan fingerprint density at radius 1 is 1.07 bits per heavy atom. The molecular weight excluding hydrogens is 402 g/mol. The molecule has 29 heavy (non-hydrogen) atoms. The third kappa shape index (κ3) is 4.85. The Bertz CT molecular complexity index is 926. The highest BCUT2D eigenvalue weighted by Gasteiger charge is 2.51. The Morgan fingerprint density at radius 3 is 2.17 bits per heavy atom. The highest BCUT2D eigenvalue weighted by atomic mass is 19.1. The van der Waals surface area contributed by atoms with E-state index in [0.717, 1.165) is 20.8 Å². The lowest BCUT2D eigenvalue weighted by Gasteiger charge is -2.24. The van der Waals surface area contributed by atoms with Crippen molar-refractivity contribution >= 4 is 17.9 Å². The summed E-state index contributed by atoms with van der Waals surface area (Å²) in [6, 6.07) is 0. The van der Waals surface area contributed by atoms with Crippen molar-refractivity contribution < 1.29 is 42.1 Å². The number of rotatable bonds is 6. The largest absolute Gasteiger partial charge is 0.463 e. The summed E-state index contributed by atoms with van der Waals surface area (Å²) in [4.78, 5) is 59.5. The summed E-state index contributed by atoms with van der Waals surface area (Å²) in [6.07, 6.45) is -5.85. The van der Waals surface area contributed by atoms with Gasteiger partial charge in [-0.2, -0.15) is 4.39 Å². The number of alkyl halides is 1. The number of aromatic nitrogens is 2. The molecule has 2 rings (SSSR count). The van der Waals surface area contributed by atoms with Crippen LogP contribution < -0.4 is 11.2 Å². The second-order valence-corrected chi connectivity index (χ2v) is 6.04. The molecule has 0 bridgehead atoms. The molecule has 1 aromatic heterocycles. The van der Waals surface area contributed by atoms with E-state index in [1.54, 1.807) is 4.98 Å². The highest BCUT2D eigenvalue weighted by molar-refractivity contribution is 5.68. The molecule has 1 aliphatic rings. The summed E-state index contributed by atoms with van der Waals surface area (Å²) in [5, 5.41) is 0. The van der Waals surface area contributed by atoms with E-state index in [1.165, 1.54) is 0 Å². The van der Waals surface area contributed by atoms with Crippen LogP contribution in [-0.4, -0.2) is 52.4 Å². The number of carbonyl (C=O) groups excluding carboxylic acids is 3. The Hall–Kier alpha value is -3.09. The molecule has 1 N–H and O–H groups in total. The van der Waals surface area contributed by atoms with Crippen LogP contribution in [0.4, 0.5) is 8.78 Å². The fourth-order valence-electron chi connectivity index (χ4n) is 2.86. The van der Waals surface area contributed by atoms with Crippen LogP contribution in [0.2, 0.25) is 0 Å². The maximum absolute atomic E-state index is 14.1. The van der Waals surface area contributed by atoms with E-state index in [4.69, 9.17) is 18.9 Å². The molecular formula is C16H18F2N2O9. The SMILES string of the molecule is CC(=O)OC[C@H]1O[C@@H](n2c(CF)c(F)c(=O)[nH]c2=O)[C@H](OC(C)=O)[C@@H]1OC(C)=O. The minimum Gasteiger partial charge on any atom is -0.463 e. The third-order valence-corrected chi connectivity index (χ3v) is 3.90. The van der Waals surface area contributed by atoms with Crippen LogP contribution in [0.1, 0.15) is 32.7 Å². The van der Waals surface area contributed by atoms with Crippen LogP contribution in [0.25, 0.3) is 0 Å². The molecule has 0 unspecified atom stereocenters. The third-order valence-electron chi connectivity index (χ3n) is 3.90. The predicted molar refractivity (Wildman–Crippen MR) is 87.7 cm³/mol. The Labute approximate surface area is 161 Å². The number of hydrogen-bond acceptors (Lipinski definition) is 9. The van der Waals surface area contributed by atoms with E-state index in [0.29, 0.717) is 4.57 Å². The zero-order chi connectivity index (χ0) is 21.9. The summed E-state index contributed by atoms with van der Waals surface area (Å²) in [5.41, 5.74) is -3.66. The van der Waals surface area contributed by atoms with E-state index in [2.05, 4.69) is 0 Å². The molecule has 0 saturated carbocycles. The number of halogens is 2. The van der Waals surface area contributed by atoms with Crippen molar-refractivity contribution in [3.05, 3.63) is 32.3 Å². The van der Waals surface area contributed by atoms with Crippen molar-refractivity contribution in [2.75, 3.05) is 6.61 Å². The standard InChI is InChI=1S/C16H18F2N2O9/c1-6(21)26-5-10-12(27-7(2)22)13(28-8(3)23)15(29-10)20-9(4-17)11(18)14(24)19-16(20)25/h10,12-13,15H,4-5H2,1-3H3,(H,19,24,25)/t10-,12-,13-,15-/m1/s1. The van der Waals surface area contributed by atoms with Crippen molar-refractivity contribution in [1.82, 2.24) is 9.55 Å². The molecule has 0 aliphatic carbocycles. The van der Waals surface area contributed by atoms with Crippen LogP contribution >= 0.6 is 0 Å². The average molecular weight is 420 g/mol. The molecule has 13 heteroatoms. The first-order chi connectivity index (χ1) is 13.6. The van der Waals surface area contributed by atoms with Crippen molar-refractivity contribution in [3.8, 4) is 0 Å². The molecule has 1 fully saturated rings. The Balaban J connectivity index is 2.59. The predicted octanol–water partition coefficient (Wildman–Crippen LogP) is -0.531. The molecule has 160 valence electrons. The number of nitrogens with one attached hydrogen (secondary N) is 1. The fourth-order valence-corrected chi connectivity index (χ4v) is 2.86. The summed E-state index contributed by atoms with van der Waals surface area (Å²) < 4.78 is 48.4. The zero-order valence-corrected chi connectivity index (χ0v) is 15.6. The van der Waals surface area contributed by atoms with Gasteiger partial charge in [0.25, 0.3) is 5.56 Å². The molecule has 4 atom stereocenters. The lowest BCUT2D eigenvalue weighted by atomic mass is 10.1. The molecule has 2 heterocycles. The summed E-state index contributed by atoms with van der Waals surface area (Å²) in [5.74, 6) is -3.99. The average Bonchev–Trinajstić information content (AvgIpc) is 2.92. The fraction of sp³-hybridized carbons (Fsp3) is 0.562. The van der Waals surface area contributed by atoms with Crippen molar-refractivity contribution in [3.63, 3.8) is 0 Å². The van der Waals surface area contributed by atoms with Gasteiger partial charge in [-0.3, -0.25) is 28.7 Å². The number of hydrogen-bond donors (Lipinski definition) is 1. The molecule has 1 aromatic rings. The number of aromatic amines is 1. The lowest BCUT2D eigenvalue weighted by Crippen LogP contribution is -2.44. The maximum atomic E-state index is 14.1. The van der Waals surface area contributed by atoms with Gasteiger partial charge in [0.1, 0.15) is 19.4 Å². The molecule has 0 aromatic carbocycles. The first-order valence-electron chi connectivity index (χ1n) is 8.29. The van der Waals surface area contributed by atoms with Crippen LogP contribution in [-0.2, 0) is 40.0 Å². The van der Waals surface area contributed by atoms with Gasteiger partial charge in [0, 0.05) is 20.8 Å². The van der Waals surface area contributed by atoms with Crippen LogP contribution in [0.3, 0.4) is 0 Å². The highest BCUT2D eigenvalue weighted by Crippen LogP contribution is 2.34. The number of carbonyl (C=O) groups is 3. The van der Waals surface area contributed by atoms with Crippen LogP contribution in [0.5, 0.6) is 0 Å². The maximum Gasteiger partial charge on any atom is 0.331 e. The topological polar surface area (TPSA) is 143 Å². The van der Waals surface area contributed by atoms with Gasteiger partial charge in [0.05, 0.1) is 5.69 Å². The number of nitrogens with zero attached hydrogens (tertiary/aromatic N) is 1. The van der Waals surface area contributed by atoms with Crippen LogP contribution in [0.15, 0.2) is 9.59 Å². The van der Waals surface area contributed by atoms with Gasteiger partial charge in [-0.1, -0.05) is 0 Å².